The molecule has 16 heavy (non-hydrogen) atoms. The summed E-state index contributed by atoms with van der Waals surface area (Å²) >= 11 is 0. The molecule has 0 atom stereocenters. The van der Waals surface area contributed by atoms with Gasteiger partial charge in [-0.15, -0.1) is 0 Å². The molecule has 0 spiro atoms. The number of rotatable bonds is 12. The normalized spacial score (nSPS) is 10.1. The van der Waals surface area contributed by atoms with Crippen LogP contribution in [0.15, 0.2) is 0 Å². The molecule has 1 radical (unpaired) electrons. The van der Waals surface area contributed by atoms with E-state index in [0.717, 1.165) is 52.1 Å². The molecular weight excluding hydrogens is 277 g/mol. The summed E-state index contributed by atoms with van der Waals surface area (Å²) in [4.78, 5) is 0. The minimum Gasteiger partial charge on any atom is -0.473 e. The van der Waals surface area contributed by atoms with Crippen molar-refractivity contribution in [3.63, 3.8) is 0 Å². The minimum atomic E-state index is 0. The molecule has 0 aromatic rings. The average Bonchev–Trinajstić information content (AvgIpc) is 2.26. The molecule has 0 fully saturated rings. The Kier molecular flexibility index (Phi) is 22.1. The van der Waals surface area contributed by atoms with E-state index in [1.54, 1.807) is 0 Å². The van der Waals surface area contributed by atoms with Crippen LogP contribution in [-0.2, 0) is 32.7 Å². The van der Waals surface area contributed by atoms with E-state index < -0.39 is 0 Å². The summed E-state index contributed by atoms with van der Waals surface area (Å²) in [6.07, 6.45) is 4.72. The molecule has 0 saturated carbocycles. The summed E-state index contributed by atoms with van der Waals surface area (Å²) in [5, 5.41) is 9.67. The fourth-order valence-corrected chi connectivity index (χ4v) is 1.32. The van der Waals surface area contributed by atoms with Crippen molar-refractivity contribution in [1.29, 1.82) is 0 Å². The molecule has 0 aromatic carbocycles. The second-order valence-corrected chi connectivity index (χ2v) is 3.70. The smallest absolute Gasteiger partial charge is 0 e. The van der Waals surface area contributed by atoms with Gasteiger partial charge in [-0.2, -0.15) is 0 Å². The van der Waals surface area contributed by atoms with Gasteiger partial charge >= 0.3 is 0 Å². The van der Waals surface area contributed by atoms with Gasteiger partial charge in [-0.1, -0.05) is 0 Å². The van der Waals surface area contributed by atoms with E-state index in [9.17, 15) is 0 Å². The van der Waals surface area contributed by atoms with Crippen LogP contribution in [-0.4, -0.2) is 39.3 Å². The monoisotopic (exact) mass is 304 g/mol. The predicted octanol–water partition coefficient (Wildman–Crippen LogP) is 0.0634. The van der Waals surface area contributed by atoms with Gasteiger partial charge in [0.15, 0.2) is 0 Å². The van der Waals surface area contributed by atoms with Crippen molar-refractivity contribution in [3.8, 4) is 0 Å². The van der Waals surface area contributed by atoms with Crippen LogP contribution in [0.25, 0.3) is 0 Å². The van der Waals surface area contributed by atoms with Crippen LogP contribution in [0.2, 0.25) is 0 Å². The summed E-state index contributed by atoms with van der Waals surface area (Å²) in [5.74, 6) is 0. The molecule has 5 heteroatoms. The van der Waals surface area contributed by atoms with E-state index in [2.05, 4.69) is 23.0 Å². The molecule has 0 heterocycles. The molecule has 0 aliphatic heterocycles. The van der Waals surface area contributed by atoms with Crippen molar-refractivity contribution in [2.75, 3.05) is 39.3 Å². The standard InChI is InChI=1S/C11H27N4.Y/c1-13-7-5-11-15-9-3-2-8-14-10-4-6-12;/h13-15H,1-12H2;/q-1;. The third-order valence-electron chi connectivity index (χ3n) is 2.22. The van der Waals surface area contributed by atoms with Gasteiger partial charge in [-0.25, -0.2) is 0 Å². The minimum absolute atomic E-state index is 0. The van der Waals surface area contributed by atoms with Crippen LogP contribution in [0.3, 0.4) is 0 Å². The quantitative estimate of drug-likeness (QED) is 0.304. The van der Waals surface area contributed by atoms with E-state index in [-0.39, 0.29) is 32.7 Å². The number of nitrogens with two attached hydrogens (primary N) is 1. The second kappa shape index (κ2) is 18.3. The van der Waals surface area contributed by atoms with Gasteiger partial charge in [0.2, 0.25) is 0 Å². The Morgan fingerprint density at radius 3 is 1.75 bits per heavy atom. The zero-order chi connectivity index (χ0) is 11.2. The first kappa shape index (κ1) is 19.3. The number of nitrogens with one attached hydrogen (secondary N) is 3. The Labute approximate surface area is 126 Å². The third kappa shape index (κ3) is 17.3. The molecule has 4 nitrogen and oxygen atoms in total. The summed E-state index contributed by atoms with van der Waals surface area (Å²) in [7, 11) is 3.57. The number of unbranched alkanes of at least 4 members (excludes halogenated alkanes) is 1. The third-order valence-corrected chi connectivity index (χ3v) is 2.22. The fraction of sp³-hybridized carbons (Fsp3) is 0.909. The number of hydrogen-bond donors (Lipinski definition) is 4. The van der Waals surface area contributed by atoms with Crippen molar-refractivity contribution in [3.05, 3.63) is 7.05 Å². The van der Waals surface area contributed by atoms with Crippen LogP contribution in [0.1, 0.15) is 25.7 Å². The maximum Gasteiger partial charge on any atom is 0 e. The Morgan fingerprint density at radius 2 is 1.25 bits per heavy atom. The maximum atomic E-state index is 5.39. The van der Waals surface area contributed by atoms with Gasteiger partial charge in [0.25, 0.3) is 0 Å². The molecular formula is C11H27N4Y-. The molecule has 0 aliphatic carbocycles. The van der Waals surface area contributed by atoms with Crippen molar-refractivity contribution < 1.29 is 32.7 Å². The van der Waals surface area contributed by atoms with Gasteiger partial charge in [0.05, 0.1) is 0 Å². The number of hydrogen-bond acceptors (Lipinski definition) is 4. The fourth-order valence-electron chi connectivity index (χ4n) is 1.32. The first-order valence-corrected chi connectivity index (χ1v) is 6.03. The van der Waals surface area contributed by atoms with E-state index in [1.165, 1.54) is 12.8 Å². The van der Waals surface area contributed by atoms with Gasteiger partial charge in [-0.3, -0.25) is 7.05 Å². The summed E-state index contributed by atoms with van der Waals surface area (Å²) in [6.45, 7) is 6.16. The van der Waals surface area contributed by atoms with Crippen molar-refractivity contribution in [2.24, 2.45) is 5.73 Å². The van der Waals surface area contributed by atoms with Crippen LogP contribution < -0.4 is 21.7 Å². The van der Waals surface area contributed by atoms with E-state index in [1.807, 2.05) is 0 Å². The first-order chi connectivity index (χ1) is 7.41. The van der Waals surface area contributed by atoms with Gasteiger partial charge in [0.1, 0.15) is 0 Å². The zero-order valence-corrected chi connectivity index (χ0v) is 13.3. The molecule has 0 amide bonds. The molecule has 0 aromatic heterocycles. The van der Waals surface area contributed by atoms with E-state index >= 15 is 0 Å². The molecule has 5 N–H and O–H groups in total. The van der Waals surface area contributed by atoms with E-state index in [0.29, 0.717) is 0 Å². The van der Waals surface area contributed by atoms with E-state index in [4.69, 9.17) is 5.73 Å². The first-order valence-electron chi connectivity index (χ1n) is 6.03. The molecule has 0 bridgehead atoms. The van der Waals surface area contributed by atoms with Crippen molar-refractivity contribution in [1.82, 2.24) is 16.0 Å². The summed E-state index contributed by atoms with van der Waals surface area (Å²) in [5.41, 5.74) is 5.39. The maximum absolute atomic E-state index is 5.39. The van der Waals surface area contributed by atoms with Crippen LogP contribution in [0.5, 0.6) is 0 Å². The largest absolute Gasteiger partial charge is 0.473 e. The Morgan fingerprint density at radius 1 is 0.750 bits per heavy atom. The van der Waals surface area contributed by atoms with Crippen molar-refractivity contribution >= 4 is 0 Å². The molecule has 0 rings (SSSR count). The van der Waals surface area contributed by atoms with Gasteiger partial charge in [0, 0.05) is 32.7 Å². The molecule has 0 saturated heterocycles. The Bertz CT molecular complexity index is 102. The Balaban J connectivity index is 0. The van der Waals surface area contributed by atoms with Crippen LogP contribution in [0.4, 0.5) is 0 Å². The molecule has 0 unspecified atom stereocenters. The van der Waals surface area contributed by atoms with Crippen LogP contribution >= 0.6 is 0 Å². The van der Waals surface area contributed by atoms with Crippen LogP contribution in [0, 0.1) is 7.05 Å². The predicted molar refractivity (Wildman–Crippen MR) is 66.6 cm³/mol. The zero-order valence-electron chi connectivity index (χ0n) is 10.4. The van der Waals surface area contributed by atoms with Gasteiger partial charge in [-0.05, 0) is 65.0 Å². The molecule has 95 valence electrons. The Hall–Kier alpha value is 0.944. The van der Waals surface area contributed by atoms with Gasteiger partial charge < -0.3 is 21.7 Å². The topological polar surface area (TPSA) is 62.1 Å². The SMILES string of the molecule is [CH2-]NCCCNCCCCNCCCN.[Y]. The summed E-state index contributed by atoms with van der Waals surface area (Å²) < 4.78 is 0. The van der Waals surface area contributed by atoms with Crippen molar-refractivity contribution in [2.45, 2.75) is 25.7 Å². The average molecular weight is 304 g/mol. The summed E-state index contributed by atoms with van der Waals surface area (Å²) in [6, 6.07) is 0. The molecule has 0 aliphatic rings. The second-order valence-electron chi connectivity index (χ2n) is 3.70.